The second-order valence-corrected chi connectivity index (χ2v) is 11.5. The SMILES string of the molecule is C[C@H]1CN(C=CC=O)CCN1c1nc(OCC2CCCN2C)nc2c(F)c(-c3nc(N)c(F)c4ccccc34)c(Cl)cc12. The summed E-state index contributed by atoms with van der Waals surface area (Å²) < 4.78 is 37.7. The number of likely N-dealkylation sites (N-methyl/N-ethyl adjacent to an activating group) is 1. The highest BCUT2D eigenvalue weighted by atomic mass is 35.5. The zero-order valence-corrected chi connectivity index (χ0v) is 24.7. The molecular weight excluding hydrogens is 576 g/mol. The van der Waals surface area contributed by atoms with Crippen molar-refractivity contribution in [2.75, 3.05) is 50.5 Å². The largest absolute Gasteiger partial charge is 0.462 e. The van der Waals surface area contributed by atoms with Crippen LogP contribution in [-0.2, 0) is 4.79 Å². The van der Waals surface area contributed by atoms with E-state index in [0.29, 0.717) is 42.8 Å². The van der Waals surface area contributed by atoms with Gasteiger partial charge in [0.15, 0.2) is 17.5 Å². The Morgan fingerprint density at radius 3 is 2.60 bits per heavy atom. The van der Waals surface area contributed by atoms with E-state index in [1.165, 1.54) is 6.08 Å². The fourth-order valence-electron chi connectivity index (χ4n) is 6.05. The van der Waals surface area contributed by atoms with Gasteiger partial charge in [0.25, 0.3) is 0 Å². The molecule has 4 aromatic rings. The molecule has 43 heavy (non-hydrogen) atoms. The van der Waals surface area contributed by atoms with Gasteiger partial charge in [-0.05, 0) is 45.5 Å². The number of benzene rings is 2. The van der Waals surface area contributed by atoms with Crippen molar-refractivity contribution in [1.29, 1.82) is 0 Å². The van der Waals surface area contributed by atoms with Gasteiger partial charge in [0.1, 0.15) is 24.2 Å². The zero-order valence-electron chi connectivity index (χ0n) is 23.9. The monoisotopic (exact) mass is 607 g/mol. The molecule has 0 saturated carbocycles. The van der Waals surface area contributed by atoms with Crippen molar-refractivity contribution in [3.05, 3.63) is 59.3 Å². The van der Waals surface area contributed by atoms with E-state index in [0.717, 1.165) is 25.7 Å². The highest BCUT2D eigenvalue weighted by molar-refractivity contribution is 6.34. The molecule has 0 radical (unpaired) electrons. The van der Waals surface area contributed by atoms with Crippen LogP contribution in [0.1, 0.15) is 19.8 Å². The predicted molar refractivity (Wildman–Crippen MR) is 164 cm³/mol. The molecule has 1 unspecified atom stereocenters. The molecule has 224 valence electrons. The maximum atomic E-state index is 16.7. The molecule has 0 spiro atoms. The average Bonchev–Trinajstić information content (AvgIpc) is 3.42. The van der Waals surface area contributed by atoms with Crippen LogP contribution in [0.2, 0.25) is 5.02 Å². The first-order valence-corrected chi connectivity index (χ1v) is 14.6. The molecule has 0 amide bonds. The molecule has 6 rings (SSSR count). The quantitative estimate of drug-likeness (QED) is 0.228. The van der Waals surface area contributed by atoms with E-state index in [2.05, 4.69) is 19.8 Å². The molecule has 2 atom stereocenters. The van der Waals surface area contributed by atoms with Crippen LogP contribution in [0.15, 0.2) is 42.6 Å². The molecule has 2 aromatic carbocycles. The summed E-state index contributed by atoms with van der Waals surface area (Å²) in [5.41, 5.74) is 6.03. The minimum absolute atomic E-state index is 0.0171. The number of ether oxygens (including phenoxy) is 1. The fraction of sp³-hybridized carbons (Fsp3) is 0.355. The number of aldehydes is 1. The molecule has 2 aliphatic rings. The number of aromatic nitrogens is 3. The number of allylic oxidation sites excluding steroid dienone is 1. The third-order valence-electron chi connectivity index (χ3n) is 8.34. The predicted octanol–water partition coefficient (Wildman–Crippen LogP) is 5.05. The Labute approximate surface area is 252 Å². The number of anilines is 2. The van der Waals surface area contributed by atoms with Gasteiger partial charge >= 0.3 is 6.01 Å². The third-order valence-corrected chi connectivity index (χ3v) is 8.64. The van der Waals surface area contributed by atoms with Crippen LogP contribution in [0.3, 0.4) is 0 Å². The summed E-state index contributed by atoms with van der Waals surface area (Å²) in [5.74, 6) is -1.26. The summed E-state index contributed by atoms with van der Waals surface area (Å²) in [6, 6.07) is 8.46. The van der Waals surface area contributed by atoms with Gasteiger partial charge in [0.2, 0.25) is 0 Å². The lowest BCUT2D eigenvalue weighted by molar-refractivity contribution is -0.104. The van der Waals surface area contributed by atoms with Crippen LogP contribution in [0.25, 0.3) is 32.9 Å². The van der Waals surface area contributed by atoms with Gasteiger partial charge < -0.3 is 25.2 Å². The lowest BCUT2D eigenvalue weighted by atomic mass is 10.0. The van der Waals surface area contributed by atoms with Crippen LogP contribution in [-0.4, -0.2) is 83.0 Å². The van der Waals surface area contributed by atoms with Gasteiger partial charge in [-0.25, -0.2) is 13.8 Å². The molecule has 0 aliphatic carbocycles. The number of carbonyl (C=O) groups excluding carboxylic acids is 1. The van der Waals surface area contributed by atoms with E-state index < -0.39 is 11.6 Å². The molecule has 2 saturated heterocycles. The van der Waals surface area contributed by atoms with Gasteiger partial charge in [-0.3, -0.25) is 4.79 Å². The third kappa shape index (κ3) is 5.43. The molecule has 2 aliphatic heterocycles. The number of hydrogen-bond acceptors (Lipinski definition) is 9. The lowest BCUT2D eigenvalue weighted by Gasteiger charge is -2.40. The smallest absolute Gasteiger partial charge is 0.319 e. The normalized spacial score (nSPS) is 19.7. The summed E-state index contributed by atoms with van der Waals surface area (Å²) in [4.78, 5) is 30.7. The number of nitrogens with zero attached hydrogens (tertiary/aromatic N) is 6. The van der Waals surface area contributed by atoms with Crippen LogP contribution < -0.4 is 15.4 Å². The van der Waals surface area contributed by atoms with E-state index in [9.17, 15) is 9.18 Å². The summed E-state index contributed by atoms with van der Waals surface area (Å²) >= 11 is 6.79. The Morgan fingerprint density at radius 1 is 1.09 bits per heavy atom. The Bertz CT molecular complexity index is 1740. The second kappa shape index (κ2) is 11.9. The first-order valence-electron chi connectivity index (χ1n) is 14.3. The van der Waals surface area contributed by atoms with Crippen molar-refractivity contribution in [3.63, 3.8) is 0 Å². The lowest BCUT2D eigenvalue weighted by Crippen LogP contribution is -2.50. The molecule has 0 bridgehead atoms. The first kappa shape index (κ1) is 29.0. The number of nitrogen functional groups attached to an aromatic ring is 1. The summed E-state index contributed by atoms with van der Waals surface area (Å²) in [6.45, 7) is 5.19. The average molecular weight is 608 g/mol. The standard InChI is InChI=1S/C31H32ClF2N7O2/c1-18-16-40(11-6-14-42)12-13-41(18)30-22-15-23(32)24(27-21-9-4-3-8-20(21)25(33)29(35)36-27)26(34)28(22)37-31(38-30)43-17-19-7-5-10-39(19)2/h3-4,6,8-9,11,14-15,18-19H,5,7,10,12-13,16-17H2,1-2H3,(H2,35,36)/t18-,19?/m0/s1. The van der Waals surface area contributed by atoms with E-state index in [1.807, 2.05) is 18.9 Å². The van der Waals surface area contributed by atoms with Crippen molar-refractivity contribution in [3.8, 4) is 17.3 Å². The van der Waals surface area contributed by atoms with Crippen molar-refractivity contribution in [2.45, 2.75) is 31.8 Å². The zero-order chi connectivity index (χ0) is 30.2. The summed E-state index contributed by atoms with van der Waals surface area (Å²) in [6.07, 6.45) is 6.04. The van der Waals surface area contributed by atoms with E-state index in [-0.39, 0.29) is 51.1 Å². The molecule has 9 nitrogen and oxygen atoms in total. The molecule has 12 heteroatoms. The fourth-order valence-corrected chi connectivity index (χ4v) is 6.33. The summed E-state index contributed by atoms with van der Waals surface area (Å²) in [5, 5.41) is 1.07. The van der Waals surface area contributed by atoms with E-state index in [1.54, 1.807) is 36.5 Å². The van der Waals surface area contributed by atoms with Crippen molar-refractivity contribution < 1.29 is 18.3 Å². The van der Waals surface area contributed by atoms with E-state index in [4.69, 9.17) is 27.1 Å². The molecular formula is C31H32ClF2N7O2. The number of halogens is 3. The van der Waals surface area contributed by atoms with Crippen molar-refractivity contribution in [2.24, 2.45) is 0 Å². The number of nitrogens with two attached hydrogens (primary N) is 1. The highest BCUT2D eigenvalue weighted by Gasteiger charge is 2.30. The number of likely N-dealkylation sites (tertiary alicyclic amines) is 1. The number of carbonyl (C=O) groups is 1. The van der Waals surface area contributed by atoms with Crippen molar-refractivity contribution >= 4 is 51.2 Å². The maximum Gasteiger partial charge on any atom is 0.319 e. The second-order valence-electron chi connectivity index (χ2n) is 11.1. The first-order chi connectivity index (χ1) is 20.8. The van der Waals surface area contributed by atoms with Gasteiger partial charge in [0.05, 0.1) is 16.3 Å². The number of pyridine rings is 1. The minimum Gasteiger partial charge on any atom is -0.462 e. The Balaban J connectivity index is 1.50. The van der Waals surface area contributed by atoms with Crippen LogP contribution in [0.5, 0.6) is 6.01 Å². The van der Waals surface area contributed by atoms with Gasteiger partial charge in [0, 0.05) is 54.1 Å². The van der Waals surface area contributed by atoms with Crippen LogP contribution in [0.4, 0.5) is 20.4 Å². The number of fused-ring (bicyclic) bond motifs is 2. The van der Waals surface area contributed by atoms with Gasteiger partial charge in [-0.1, -0.05) is 35.9 Å². The molecule has 2 N–H and O–H groups in total. The number of rotatable bonds is 7. The molecule has 4 heterocycles. The minimum atomic E-state index is -0.724. The summed E-state index contributed by atoms with van der Waals surface area (Å²) in [7, 11) is 2.05. The van der Waals surface area contributed by atoms with E-state index >= 15 is 4.39 Å². The number of piperazine rings is 1. The maximum absolute atomic E-state index is 16.7. The Morgan fingerprint density at radius 2 is 1.88 bits per heavy atom. The number of hydrogen-bond donors (Lipinski definition) is 1. The topological polar surface area (TPSA) is 101 Å². The highest BCUT2D eigenvalue weighted by Crippen LogP contribution is 2.41. The van der Waals surface area contributed by atoms with Crippen LogP contribution >= 0.6 is 11.6 Å². The van der Waals surface area contributed by atoms with Gasteiger partial charge in [-0.15, -0.1) is 0 Å². The Hall–Kier alpha value is -4.09. The molecule has 2 fully saturated rings. The van der Waals surface area contributed by atoms with Gasteiger partial charge in [-0.2, -0.15) is 9.97 Å². The molecule has 2 aromatic heterocycles. The van der Waals surface area contributed by atoms with Crippen molar-refractivity contribution in [1.82, 2.24) is 24.8 Å². The Kier molecular flexibility index (Phi) is 8.02. The van der Waals surface area contributed by atoms with Crippen LogP contribution in [0, 0.1) is 11.6 Å².